The minimum Gasteiger partial charge on any atom is -0.444 e. The Morgan fingerprint density at radius 3 is 2.30 bits per heavy atom. The average molecular weight is 316 g/mol. The maximum Gasteiger partial charge on any atom is 0.410 e. The molecular weight excluding hydrogens is 288 g/mol. The zero-order chi connectivity index (χ0) is 16.9. The molecule has 0 saturated carbocycles. The van der Waals surface area contributed by atoms with Crippen LogP contribution in [0.5, 0.6) is 0 Å². The van der Waals surface area contributed by atoms with Crippen molar-refractivity contribution in [2.75, 3.05) is 31.1 Å². The number of carbonyl (C=O) groups excluding carboxylic acids is 1. The highest BCUT2D eigenvalue weighted by Crippen LogP contribution is 2.19. The molecule has 2 rings (SSSR count). The lowest BCUT2D eigenvalue weighted by atomic mass is 10.1. The van der Waals surface area contributed by atoms with Gasteiger partial charge in [0.25, 0.3) is 0 Å². The maximum absolute atomic E-state index is 12.1. The molecule has 4 heteroatoms. The van der Waals surface area contributed by atoms with Crippen LogP contribution in [0.4, 0.5) is 10.5 Å². The van der Waals surface area contributed by atoms with E-state index in [2.05, 4.69) is 35.7 Å². The van der Waals surface area contributed by atoms with E-state index in [0.29, 0.717) is 13.1 Å². The number of nitrogens with zero attached hydrogens (tertiary/aromatic N) is 2. The summed E-state index contributed by atoms with van der Waals surface area (Å²) in [5, 5.41) is 0. The predicted octanol–water partition coefficient (Wildman–Crippen LogP) is 3.86. The van der Waals surface area contributed by atoms with E-state index in [1.165, 1.54) is 11.3 Å². The monoisotopic (exact) mass is 316 g/mol. The van der Waals surface area contributed by atoms with Crippen LogP contribution in [-0.4, -0.2) is 42.8 Å². The van der Waals surface area contributed by atoms with Crippen molar-refractivity contribution in [1.29, 1.82) is 0 Å². The van der Waals surface area contributed by atoms with Crippen LogP contribution in [0.1, 0.15) is 32.8 Å². The molecule has 0 radical (unpaired) electrons. The quantitative estimate of drug-likeness (QED) is 0.791. The number of hydrogen-bond acceptors (Lipinski definition) is 3. The number of anilines is 1. The highest BCUT2D eigenvalue weighted by atomic mass is 16.6. The summed E-state index contributed by atoms with van der Waals surface area (Å²) >= 11 is 0. The molecule has 1 aromatic carbocycles. The second-order valence-corrected chi connectivity index (χ2v) is 6.95. The number of rotatable bonds is 4. The predicted molar refractivity (Wildman–Crippen MR) is 95.0 cm³/mol. The molecule has 1 aliphatic rings. The Hall–Kier alpha value is -1.97. The van der Waals surface area contributed by atoms with Crippen LogP contribution in [0.25, 0.3) is 0 Å². The molecule has 1 fully saturated rings. The minimum absolute atomic E-state index is 0.211. The SMILES string of the molecule is C=CCCc1ccc(N2CCN(C(=O)OC(C)(C)C)CC2)cc1. The number of benzene rings is 1. The van der Waals surface area contributed by atoms with Crippen molar-refractivity contribution in [3.8, 4) is 0 Å². The van der Waals surface area contributed by atoms with Gasteiger partial charge in [-0.05, 0) is 51.3 Å². The number of ether oxygens (including phenoxy) is 1. The van der Waals surface area contributed by atoms with Crippen molar-refractivity contribution in [2.24, 2.45) is 0 Å². The molecule has 126 valence electrons. The van der Waals surface area contributed by atoms with Gasteiger partial charge in [0.05, 0.1) is 0 Å². The molecule has 0 aliphatic carbocycles. The van der Waals surface area contributed by atoms with Gasteiger partial charge in [-0.25, -0.2) is 4.79 Å². The fourth-order valence-electron chi connectivity index (χ4n) is 2.62. The maximum atomic E-state index is 12.1. The number of carbonyl (C=O) groups is 1. The topological polar surface area (TPSA) is 32.8 Å². The first-order valence-corrected chi connectivity index (χ1v) is 8.32. The molecule has 4 nitrogen and oxygen atoms in total. The van der Waals surface area contributed by atoms with Crippen molar-refractivity contribution in [1.82, 2.24) is 4.90 Å². The van der Waals surface area contributed by atoms with Gasteiger partial charge < -0.3 is 14.5 Å². The first-order valence-electron chi connectivity index (χ1n) is 8.32. The van der Waals surface area contributed by atoms with E-state index in [1.54, 1.807) is 4.90 Å². The molecule has 1 heterocycles. The second kappa shape index (κ2) is 7.53. The Balaban J connectivity index is 1.86. The summed E-state index contributed by atoms with van der Waals surface area (Å²) in [6.07, 6.45) is 3.78. The number of piperazine rings is 1. The zero-order valence-corrected chi connectivity index (χ0v) is 14.5. The number of hydrogen-bond donors (Lipinski definition) is 0. The Morgan fingerprint density at radius 1 is 1.17 bits per heavy atom. The molecule has 1 amide bonds. The van der Waals surface area contributed by atoms with E-state index in [0.717, 1.165) is 25.9 Å². The molecular formula is C19H28N2O2. The lowest BCUT2D eigenvalue weighted by Gasteiger charge is -2.36. The van der Waals surface area contributed by atoms with Crippen molar-refractivity contribution in [2.45, 2.75) is 39.2 Å². The largest absolute Gasteiger partial charge is 0.444 e. The van der Waals surface area contributed by atoms with E-state index in [4.69, 9.17) is 4.74 Å². The third-order valence-corrected chi connectivity index (χ3v) is 3.87. The molecule has 0 aromatic heterocycles. The minimum atomic E-state index is -0.435. The Kier molecular flexibility index (Phi) is 5.69. The molecule has 1 aliphatic heterocycles. The molecule has 1 aromatic rings. The molecule has 0 spiro atoms. The lowest BCUT2D eigenvalue weighted by Crippen LogP contribution is -2.50. The summed E-state index contributed by atoms with van der Waals surface area (Å²) in [6, 6.07) is 8.70. The standard InChI is InChI=1S/C19H28N2O2/c1-5-6-7-16-8-10-17(11-9-16)20-12-14-21(15-13-20)18(22)23-19(2,3)4/h5,8-11H,1,6-7,12-15H2,2-4H3. The van der Waals surface area contributed by atoms with Crippen molar-refractivity contribution in [3.05, 3.63) is 42.5 Å². The van der Waals surface area contributed by atoms with Gasteiger partial charge in [-0.1, -0.05) is 18.2 Å². The molecule has 0 atom stereocenters. The molecule has 1 saturated heterocycles. The van der Waals surface area contributed by atoms with Gasteiger partial charge in [0.1, 0.15) is 5.60 Å². The fraction of sp³-hybridized carbons (Fsp3) is 0.526. The molecule has 0 bridgehead atoms. The van der Waals surface area contributed by atoms with Crippen LogP contribution in [0.3, 0.4) is 0 Å². The Bertz CT molecular complexity index is 523. The summed E-state index contributed by atoms with van der Waals surface area (Å²) in [4.78, 5) is 16.2. The Morgan fingerprint density at radius 2 is 1.78 bits per heavy atom. The van der Waals surface area contributed by atoms with Crippen molar-refractivity contribution >= 4 is 11.8 Å². The van der Waals surface area contributed by atoms with Crippen molar-refractivity contribution < 1.29 is 9.53 Å². The van der Waals surface area contributed by atoms with Crippen LogP contribution in [0.2, 0.25) is 0 Å². The summed E-state index contributed by atoms with van der Waals surface area (Å²) in [5.41, 5.74) is 2.12. The summed E-state index contributed by atoms with van der Waals surface area (Å²) in [5.74, 6) is 0. The zero-order valence-electron chi connectivity index (χ0n) is 14.5. The number of aryl methyl sites for hydroxylation is 1. The van der Waals surface area contributed by atoms with Gasteiger partial charge in [0, 0.05) is 31.9 Å². The van der Waals surface area contributed by atoms with E-state index < -0.39 is 5.60 Å². The first-order chi connectivity index (χ1) is 10.9. The van der Waals surface area contributed by atoms with Crippen molar-refractivity contribution in [3.63, 3.8) is 0 Å². The van der Waals surface area contributed by atoms with Gasteiger partial charge in [0.2, 0.25) is 0 Å². The third kappa shape index (κ3) is 5.31. The van der Waals surface area contributed by atoms with Crippen LogP contribution in [0.15, 0.2) is 36.9 Å². The lowest BCUT2D eigenvalue weighted by molar-refractivity contribution is 0.0240. The van der Waals surface area contributed by atoms with Crippen LogP contribution >= 0.6 is 0 Å². The molecule has 0 unspecified atom stereocenters. The van der Waals surface area contributed by atoms with Gasteiger partial charge >= 0.3 is 6.09 Å². The highest BCUT2D eigenvalue weighted by Gasteiger charge is 2.25. The van der Waals surface area contributed by atoms with E-state index in [9.17, 15) is 4.79 Å². The number of amides is 1. The van der Waals surface area contributed by atoms with Gasteiger partial charge in [0.15, 0.2) is 0 Å². The smallest absolute Gasteiger partial charge is 0.410 e. The fourth-order valence-corrected chi connectivity index (χ4v) is 2.62. The first kappa shape index (κ1) is 17.4. The molecule has 23 heavy (non-hydrogen) atoms. The van der Waals surface area contributed by atoms with Crippen LogP contribution in [-0.2, 0) is 11.2 Å². The van der Waals surface area contributed by atoms with E-state index in [1.807, 2.05) is 26.8 Å². The molecule has 0 N–H and O–H groups in total. The average Bonchev–Trinajstić information content (AvgIpc) is 2.52. The normalized spacial score (nSPS) is 15.4. The summed E-state index contributed by atoms with van der Waals surface area (Å²) in [7, 11) is 0. The Labute approximate surface area is 139 Å². The van der Waals surface area contributed by atoms with E-state index >= 15 is 0 Å². The van der Waals surface area contributed by atoms with Crippen LogP contribution in [0, 0.1) is 0 Å². The highest BCUT2D eigenvalue weighted by molar-refractivity contribution is 5.68. The third-order valence-electron chi connectivity index (χ3n) is 3.87. The van der Waals surface area contributed by atoms with Gasteiger partial charge in [-0.3, -0.25) is 0 Å². The van der Waals surface area contributed by atoms with E-state index in [-0.39, 0.29) is 6.09 Å². The number of allylic oxidation sites excluding steroid dienone is 1. The van der Waals surface area contributed by atoms with Gasteiger partial charge in [-0.2, -0.15) is 0 Å². The van der Waals surface area contributed by atoms with Crippen LogP contribution < -0.4 is 4.90 Å². The summed E-state index contributed by atoms with van der Waals surface area (Å²) in [6.45, 7) is 12.5. The summed E-state index contributed by atoms with van der Waals surface area (Å²) < 4.78 is 5.43. The second-order valence-electron chi connectivity index (χ2n) is 6.95. The van der Waals surface area contributed by atoms with Gasteiger partial charge in [-0.15, -0.1) is 6.58 Å².